The molecule has 1 aliphatic rings. The SMILES string of the molecule is Cc1cccc(CNC(=O)C2CCC(C(=O)Nc3c(C)cccc3C)CC2)c1. The molecular formula is C24H30N2O2. The number of rotatable bonds is 5. The van der Waals surface area contributed by atoms with E-state index in [1.165, 1.54) is 5.56 Å². The maximum atomic E-state index is 12.7. The number of amides is 2. The van der Waals surface area contributed by atoms with E-state index in [0.29, 0.717) is 6.54 Å². The van der Waals surface area contributed by atoms with Gasteiger partial charge in [0, 0.05) is 24.1 Å². The van der Waals surface area contributed by atoms with Gasteiger partial charge >= 0.3 is 0 Å². The van der Waals surface area contributed by atoms with Crippen molar-refractivity contribution in [1.29, 1.82) is 0 Å². The summed E-state index contributed by atoms with van der Waals surface area (Å²) in [6, 6.07) is 14.2. The normalized spacial score (nSPS) is 19.1. The lowest BCUT2D eigenvalue weighted by atomic mass is 9.81. The van der Waals surface area contributed by atoms with Crippen LogP contribution in [0.25, 0.3) is 0 Å². The minimum absolute atomic E-state index is 0.00839. The summed E-state index contributed by atoms with van der Waals surface area (Å²) < 4.78 is 0. The monoisotopic (exact) mass is 378 g/mol. The van der Waals surface area contributed by atoms with Crippen molar-refractivity contribution in [2.75, 3.05) is 5.32 Å². The minimum Gasteiger partial charge on any atom is -0.352 e. The zero-order valence-corrected chi connectivity index (χ0v) is 17.0. The van der Waals surface area contributed by atoms with Crippen LogP contribution in [0.4, 0.5) is 5.69 Å². The molecule has 4 nitrogen and oxygen atoms in total. The van der Waals surface area contributed by atoms with Gasteiger partial charge in [-0.1, -0.05) is 48.0 Å². The highest BCUT2D eigenvalue weighted by molar-refractivity contribution is 5.94. The molecule has 0 saturated heterocycles. The van der Waals surface area contributed by atoms with Crippen LogP contribution in [0.2, 0.25) is 0 Å². The molecule has 1 fully saturated rings. The number of benzene rings is 2. The number of carbonyl (C=O) groups is 2. The van der Waals surface area contributed by atoms with Gasteiger partial charge in [0.2, 0.25) is 11.8 Å². The van der Waals surface area contributed by atoms with Crippen LogP contribution in [0.1, 0.15) is 47.9 Å². The van der Waals surface area contributed by atoms with Crippen LogP contribution in [-0.4, -0.2) is 11.8 Å². The first kappa shape index (κ1) is 20.1. The Kier molecular flexibility index (Phi) is 6.50. The largest absolute Gasteiger partial charge is 0.352 e. The van der Waals surface area contributed by atoms with Crippen LogP contribution < -0.4 is 10.6 Å². The van der Waals surface area contributed by atoms with Crippen LogP contribution in [0, 0.1) is 32.6 Å². The lowest BCUT2D eigenvalue weighted by Gasteiger charge is -2.27. The molecule has 0 aliphatic heterocycles. The van der Waals surface area contributed by atoms with E-state index in [1.807, 2.05) is 44.2 Å². The Morgan fingerprint density at radius 3 is 2.04 bits per heavy atom. The molecule has 2 amide bonds. The third kappa shape index (κ3) is 5.00. The van der Waals surface area contributed by atoms with E-state index in [0.717, 1.165) is 48.1 Å². The molecule has 0 bridgehead atoms. The fourth-order valence-corrected chi connectivity index (χ4v) is 4.01. The maximum absolute atomic E-state index is 12.7. The fourth-order valence-electron chi connectivity index (χ4n) is 4.01. The van der Waals surface area contributed by atoms with E-state index in [-0.39, 0.29) is 23.7 Å². The Balaban J connectivity index is 1.48. The summed E-state index contributed by atoms with van der Waals surface area (Å²) in [4.78, 5) is 25.2. The molecule has 2 aromatic rings. The van der Waals surface area contributed by atoms with E-state index < -0.39 is 0 Å². The van der Waals surface area contributed by atoms with Gasteiger partial charge in [0.1, 0.15) is 0 Å². The molecule has 4 heteroatoms. The number of carbonyl (C=O) groups excluding carboxylic acids is 2. The quantitative estimate of drug-likeness (QED) is 0.794. The molecule has 1 saturated carbocycles. The lowest BCUT2D eigenvalue weighted by Crippen LogP contribution is -2.35. The molecular weight excluding hydrogens is 348 g/mol. The van der Waals surface area contributed by atoms with Crippen LogP contribution in [0.15, 0.2) is 42.5 Å². The van der Waals surface area contributed by atoms with E-state index >= 15 is 0 Å². The van der Waals surface area contributed by atoms with Crippen LogP contribution in [0.3, 0.4) is 0 Å². The molecule has 0 aromatic heterocycles. The van der Waals surface area contributed by atoms with Crippen molar-refractivity contribution in [2.24, 2.45) is 11.8 Å². The standard InChI is InChI=1S/C24H30N2O2/c1-16-6-4-9-19(14-16)15-25-23(27)20-10-12-21(13-11-20)24(28)26-22-17(2)7-5-8-18(22)3/h4-9,14,20-21H,10-13,15H2,1-3H3,(H,25,27)(H,26,28). The average Bonchev–Trinajstić information content (AvgIpc) is 2.69. The maximum Gasteiger partial charge on any atom is 0.227 e. The van der Waals surface area contributed by atoms with Gasteiger partial charge < -0.3 is 10.6 Å². The average molecular weight is 379 g/mol. The van der Waals surface area contributed by atoms with Crippen molar-refractivity contribution in [1.82, 2.24) is 5.32 Å². The Morgan fingerprint density at radius 1 is 0.857 bits per heavy atom. The molecule has 0 heterocycles. The number of para-hydroxylation sites is 1. The summed E-state index contributed by atoms with van der Waals surface area (Å²) in [5, 5.41) is 6.16. The van der Waals surface area contributed by atoms with Gasteiger partial charge in [-0.2, -0.15) is 0 Å². The van der Waals surface area contributed by atoms with E-state index in [9.17, 15) is 9.59 Å². The molecule has 0 atom stereocenters. The Labute approximate surface area is 167 Å². The summed E-state index contributed by atoms with van der Waals surface area (Å²) in [5.41, 5.74) is 5.40. The number of anilines is 1. The Hall–Kier alpha value is -2.62. The molecule has 1 aliphatic carbocycles. The smallest absolute Gasteiger partial charge is 0.227 e. The van der Waals surface area contributed by atoms with Gasteiger partial charge in [-0.25, -0.2) is 0 Å². The van der Waals surface area contributed by atoms with Crippen molar-refractivity contribution in [2.45, 2.75) is 53.0 Å². The van der Waals surface area contributed by atoms with Gasteiger partial charge in [0.15, 0.2) is 0 Å². The Bertz CT molecular complexity index is 831. The third-order valence-corrected chi connectivity index (χ3v) is 5.75. The molecule has 28 heavy (non-hydrogen) atoms. The summed E-state index contributed by atoms with van der Waals surface area (Å²) in [5.74, 6) is 0.181. The summed E-state index contributed by atoms with van der Waals surface area (Å²) in [6.45, 7) is 6.64. The van der Waals surface area contributed by atoms with E-state index in [4.69, 9.17) is 0 Å². The number of nitrogens with one attached hydrogen (secondary N) is 2. The van der Waals surface area contributed by atoms with Crippen molar-refractivity contribution >= 4 is 17.5 Å². The molecule has 0 radical (unpaired) electrons. The molecule has 0 unspecified atom stereocenters. The van der Waals surface area contributed by atoms with Crippen LogP contribution in [0.5, 0.6) is 0 Å². The highest BCUT2D eigenvalue weighted by Gasteiger charge is 2.30. The summed E-state index contributed by atoms with van der Waals surface area (Å²) in [7, 11) is 0. The van der Waals surface area contributed by atoms with Crippen LogP contribution in [-0.2, 0) is 16.1 Å². The highest BCUT2D eigenvalue weighted by atomic mass is 16.2. The minimum atomic E-state index is -0.0140. The first-order valence-corrected chi connectivity index (χ1v) is 10.1. The van der Waals surface area contributed by atoms with Gasteiger partial charge in [0.05, 0.1) is 0 Å². The summed E-state index contributed by atoms with van der Waals surface area (Å²) in [6.07, 6.45) is 3.06. The number of hydrogen-bond acceptors (Lipinski definition) is 2. The zero-order valence-electron chi connectivity index (χ0n) is 17.0. The lowest BCUT2D eigenvalue weighted by molar-refractivity contribution is -0.128. The van der Waals surface area contributed by atoms with Crippen LogP contribution >= 0.6 is 0 Å². The Morgan fingerprint density at radius 2 is 1.43 bits per heavy atom. The summed E-state index contributed by atoms with van der Waals surface area (Å²) >= 11 is 0. The zero-order chi connectivity index (χ0) is 20.1. The second kappa shape index (κ2) is 9.05. The van der Waals surface area contributed by atoms with Gasteiger partial charge in [-0.3, -0.25) is 9.59 Å². The predicted octanol–water partition coefficient (Wildman–Crippen LogP) is 4.67. The van der Waals surface area contributed by atoms with Gasteiger partial charge in [-0.05, 0) is 63.1 Å². The second-order valence-electron chi connectivity index (χ2n) is 8.01. The van der Waals surface area contributed by atoms with E-state index in [2.05, 4.69) is 29.7 Å². The molecule has 3 rings (SSSR count). The molecule has 2 N–H and O–H groups in total. The fraction of sp³-hybridized carbons (Fsp3) is 0.417. The number of aryl methyl sites for hydroxylation is 3. The van der Waals surface area contributed by atoms with Crippen molar-refractivity contribution in [3.05, 3.63) is 64.7 Å². The van der Waals surface area contributed by atoms with Crippen molar-refractivity contribution < 1.29 is 9.59 Å². The molecule has 0 spiro atoms. The van der Waals surface area contributed by atoms with Gasteiger partial charge in [0.25, 0.3) is 0 Å². The first-order valence-electron chi connectivity index (χ1n) is 10.1. The third-order valence-electron chi connectivity index (χ3n) is 5.75. The topological polar surface area (TPSA) is 58.2 Å². The first-order chi connectivity index (χ1) is 13.4. The van der Waals surface area contributed by atoms with Crippen molar-refractivity contribution in [3.63, 3.8) is 0 Å². The van der Waals surface area contributed by atoms with Gasteiger partial charge in [-0.15, -0.1) is 0 Å². The molecule has 148 valence electrons. The van der Waals surface area contributed by atoms with E-state index in [1.54, 1.807) is 0 Å². The highest BCUT2D eigenvalue weighted by Crippen LogP contribution is 2.30. The van der Waals surface area contributed by atoms with Crippen molar-refractivity contribution in [3.8, 4) is 0 Å². The predicted molar refractivity (Wildman–Crippen MR) is 113 cm³/mol. The molecule has 2 aromatic carbocycles. The number of hydrogen-bond donors (Lipinski definition) is 2. The second-order valence-corrected chi connectivity index (χ2v) is 8.01.